The largest absolute Gasteiger partial charge is 0.490 e. The highest BCUT2D eigenvalue weighted by Crippen LogP contribution is 2.34. The monoisotopic (exact) mass is 885 g/mol. The van der Waals surface area contributed by atoms with Crippen LogP contribution in [0.25, 0.3) is 10.9 Å². The van der Waals surface area contributed by atoms with Gasteiger partial charge in [0.1, 0.15) is 12.4 Å². The number of nitrogens with zero attached hydrogens (tertiary/aromatic N) is 3. The SMILES string of the molecule is CCCCCCN1CCN(C2(c3ccc(OCc4cc(C)nc5ccccc45)cc3)C(=O)NC(=O)NC2=O)CC1.O=C(O)C(F)(F)F.O=C(O)C(F)(F)F.O=C(O)C(F)(F)F. The van der Waals surface area contributed by atoms with Gasteiger partial charge in [0, 0.05) is 42.8 Å². The topological polar surface area (TPSA) is 216 Å². The molecule has 0 radical (unpaired) electrons. The number of amides is 4. The first-order valence-electron chi connectivity index (χ1n) is 17.9. The van der Waals surface area contributed by atoms with Gasteiger partial charge in [-0.1, -0.05) is 56.5 Å². The van der Waals surface area contributed by atoms with Crippen molar-refractivity contribution in [2.45, 2.75) is 70.2 Å². The Balaban J connectivity index is 0.000000502. The fourth-order valence-corrected chi connectivity index (χ4v) is 5.79. The molecule has 2 aliphatic rings. The van der Waals surface area contributed by atoms with Crippen LogP contribution in [0.4, 0.5) is 44.3 Å². The molecule has 3 heterocycles. The quantitative estimate of drug-likeness (QED) is 0.0929. The van der Waals surface area contributed by atoms with E-state index in [1.54, 1.807) is 24.3 Å². The third kappa shape index (κ3) is 15.2. The number of nitrogens with one attached hydrogen (secondary N) is 2. The van der Waals surface area contributed by atoms with Gasteiger partial charge in [-0.2, -0.15) is 39.5 Å². The van der Waals surface area contributed by atoms with Gasteiger partial charge in [0.25, 0.3) is 11.8 Å². The van der Waals surface area contributed by atoms with E-state index in [1.807, 2.05) is 42.2 Å². The van der Waals surface area contributed by atoms with Gasteiger partial charge in [-0.05, 0) is 49.7 Å². The van der Waals surface area contributed by atoms with Crippen LogP contribution in [0.3, 0.4) is 0 Å². The summed E-state index contributed by atoms with van der Waals surface area (Å²) in [6.07, 6.45) is -10.5. The maximum Gasteiger partial charge on any atom is 0.490 e. The van der Waals surface area contributed by atoms with Crippen LogP contribution < -0.4 is 15.4 Å². The molecular weight excluding hydrogens is 845 g/mol. The molecule has 336 valence electrons. The van der Waals surface area contributed by atoms with Gasteiger partial charge in [0.2, 0.25) is 5.54 Å². The maximum absolute atomic E-state index is 13.4. The van der Waals surface area contributed by atoms with Crippen LogP contribution >= 0.6 is 0 Å². The van der Waals surface area contributed by atoms with Crippen molar-refractivity contribution >= 4 is 46.7 Å². The molecule has 5 N–H and O–H groups in total. The molecule has 4 amide bonds. The Morgan fingerprint density at radius 2 is 1.21 bits per heavy atom. The van der Waals surface area contributed by atoms with Crippen LogP contribution in [0.2, 0.25) is 0 Å². The fourth-order valence-electron chi connectivity index (χ4n) is 5.79. The zero-order valence-electron chi connectivity index (χ0n) is 32.2. The minimum atomic E-state index is -5.08. The lowest BCUT2D eigenvalue weighted by Gasteiger charge is -2.46. The van der Waals surface area contributed by atoms with Crippen LogP contribution in [0, 0.1) is 6.92 Å². The lowest BCUT2D eigenvalue weighted by molar-refractivity contribution is -0.193. The minimum Gasteiger partial charge on any atom is -0.489 e. The average Bonchev–Trinajstić information content (AvgIpc) is 3.16. The number of hydrogen-bond acceptors (Lipinski definition) is 10. The molecule has 1 aromatic heterocycles. The molecule has 0 saturated carbocycles. The van der Waals surface area contributed by atoms with Crippen molar-refractivity contribution in [2.75, 3.05) is 32.7 Å². The molecule has 0 spiro atoms. The van der Waals surface area contributed by atoms with E-state index in [9.17, 15) is 53.9 Å². The molecule has 2 saturated heterocycles. The molecule has 24 heteroatoms. The number of barbiturate groups is 1. The number of hydrogen-bond donors (Lipinski definition) is 5. The second-order valence-electron chi connectivity index (χ2n) is 13.0. The normalized spacial score (nSPS) is 15.7. The summed E-state index contributed by atoms with van der Waals surface area (Å²) in [5.74, 6) is -8.90. The summed E-state index contributed by atoms with van der Waals surface area (Å²) in [5.41, 5.74) is 1.74. The number of benzene rings is 2. The Kier molecular flexibility index (Phi) is 18.4. The lowest BCUT2D eigenvalue weighted by Crippen LogP contribution is -2.72. The molecule has 0 bridgehead atoms. The van der Waals surface area contributed by atoms with Crippen molar-refractivity contribution in [3.05, 3.63) is 71.4 Å². The predicted molar refractivity (Wildman–Crippen MR) is 194 cm³/mol. The predicted octanol–water partition coefficient (Wildman–Crippen LogP) is 5.78. The van der Waals surface area contributed by atoms with E-state index in [1.165, 1.54) is 19.3 Å². The number of carboxylic acids is 3. The summed E-state index contributed by atoms with van der Waals surface area (Å²) in [6.45, 7) is 8.10. The van der Waals surface area contributed by atoms with Gasteiger partial charge in [0.15, 0.2) is 0 Å². The van der Waals surface area contributed by atoms with Crippen LogP contribution in [-0.2, 0) is 36.1 Å². The Bertz CT molecular complexity index is 1930. The number of piperazine rings is 1. The Hall–Kier alpha value is -6.04. The first-order valence-corrected chi connectivity index (χ1v) is 17.9. The number of carbonyl (C=O) groups is 6. The standard InChI is InChI=1S/C31H37N5O4.3C2HF3O2/c1-3-4-5-8-15-35-16-18-36(19-17-35)31(28(37)33-30(39)34-29(31)38)24-11-13-25(14-12-24)40-21-23-20-22(2)32-27-10-7-6-9-26(23)27;3*3-2(4,5)1(6)7/h6-7,9-14,20H,3-5,8,15-19,21H2,1-2H3,(H2,33,34,37,38,39);3*(H,6,7). The molecule has 15 nitrogen and oxygen atoms in total. The van der Waals surface area contributed by atoms with E-state index in [2.05, 4.69) is 27.4 Å². The number of carboxylic acid groups (broad SMARTS) is 3. The van der Waals surface area contributed by atoms with E-state index < -0.39 is 59.8 Å². The van der Waals surface area contributed by atoms with Gasteiger partial charge in [-0.3, -0.25) is 30.1 Å². The van der Waals surface area contributed by atoms with Crippen molar-refractivity contribution in [1.82, 2.24) is 25.4 Å². The number of alkyl halides is 9. The van der Waals surface area contributed by atoms with Crippen LogP contribution in [0.5, 0.6) is 5.75 Å². The van der Waals surface area contributed by atoms with Crippen molar-refractivity contribution in [1.29, 1.82) is 0 Å². The summed E-state index contributed by atoms with van der Waals surface area (Å²) >= 11 is 0. The molecule has 2 aromatic carbocycles. The van der Waals surface area contributed by atoms with E-state index in [0.717, 1.165) is 48.2 Å². The molecule has 0 atom stereocenters. The molecule has 5 rings (SSSR count). The van der Waals surface area contributed by atoms with Crippen molar-refractivity contribution < 1.29 is 88.3 Å². The number of urea groups is 1. The number of carbonyl (C=O) groups excluding carboxylic acids is 3. The molecule has 0 unspecified atom stereocenters. The molecular formula is C37H40F9N5O10. The number of unbranched alkanes of at least 4 members (excludes halogenated alkanes) is 3. The van der Waals surface area contributed by atoms with E-state index in [0.29, 0.717) is 31.0 Å². The summed E-state index contributed by atoms with van der Waals surface area (Å²) in [6, 6.07) is 16.2. The zero-order chi connectivity index (χ0) is 46.3. The number of imide groups is 2. The number of halogens is 9. The maximum atomic E-state index is 13.4. The number of para-hydroxylation sites is 1. The third-order valence-corrected chi connectivity index (χ3v) is 8.61. The van der Waals surface area contributed by atoms with E-state index >= 15 is 0 Å². The first-order chi connectivity index (χ1) is 28.2. The van der Waals surface area contributed by atoms with E-state index in [4.69, 9.17) is 34.4 Å². The Labute approximate surface area is 340 Å². The zero-order valence-corrected chi connectivity index (χ0v) is 32.2. The molecule has 2 fully saturated rings. The number of fused-ring (bicyclic) bond motifs is 1. The van der Waals surface area contributed by atoms with Crippen molar-refractivity contribution in [3.8, 4) is 5.75 Å². The molecule has 61 heavy (non-hydrogen) atoms. The van der Waals surface area contributed by atoms with Crippen LogP contribution in [-0.4, -0.2) is 117 Å². The van der Waals surface area contributed by atoms with Crippen LogP contribution in [0.1, 0.15) is 49.4 Å². The lowest BCUT2D eigenvalue weighted by atomic mass is 9.84. The highest BCUT2D eigenvalue weighted by Gasteiger charge is 2.56. The second kappa shape index (κ2) is 22.0. The first kappa shape index (κ1) is 51.1. The van der Waals surface area contributed by atoms with Crippen LogP contribution in [0.15, 0.2) is 54.6 Å². The summed E-state index contributed by atoms with van der Waals surface area (Å²) in [4.78, 5) is 74.4. The number of aliphatic carboxylic acids is 3. The summed E-state index contributed by atoms with van der Waals surface area (Å²) in [7, 11) is 0. The number of pyridine rings is 1. The fraction of sp³-hybridized carbons (Fsp3) is 0.432. The highest BCUT2D eigenvalue weighted by molar-refractivity contribution is 6.22. The highest BCUT2D eigenvalue weighted by atomic mass is 19.4. The number of aryl methyl sites for hydroxylation is 1. The molecule has 3 aromatic rings. The third-order valence-electron chi connectivity index (χ3n) is 8.61. The van der Waals surface area contributed by atoms with Crippen molar-refractivity contribution in [2.24, 2.45) is 0 Å². The van der Waals surface area contributed by atoms with Gasteiger partial charge in [0.05, 0.1) is 5.52 Å². The molecule has 0 aliphatic carbocycles. The summed E-state index contributed by atoms with van der Waals surface area (Å²) < 4.78 is 101. The average molecular weight is 886 g/mol. The summed E-state index contributed by atoms with van der Waals surface area (Å²) in [5, 5.41) is 27.1. The van der Waals surface area contributed by atoms with Gasteiger partial charge in [-0.25, -0.2) is 19.2 Å². The number of ether oxygens (including phenoxy) is 1. The minimum absolute atomic E-state index is 0.351. The number of rotatable bonds is 10. The van der Waals surface area contributed by atoms with Gasteiger partial charge in [-0.15, -0.1) is 0 Å². The smallest absolute Gasteiger partial charge is 0.489 e. The number of aromatic nitrogens is 1. The second-order valence-corrected chi connectivity index (χ2v) is 13.0. The Morgan fingerprint density at radius 3 is 1.67 bits per heavy atom. The van der Waals surface area contributed by atoms with E-state index in [-0.39, 0.29) is 0 Å². The van der Waals surface area contributed by atoms with Gasteiger partial charge >= 0.3 is 42.5 Å². The van der Waals surface area contributed by atoms with Crippen molar-refractivity contribution in [3.63, 3.8) is 0 Å². The van der Waals surface area contributed by atoms with Gasteiger partial charge < -0.3 is 25.0 Å². The Morgan fingerprint density at radius 1 is 0.738 bits per heavy atom. The molecule has 2 aliphatic heterocycles.